The summed E-state index contributed by atoms with van der Waals surface area (Å²) in [6.07, 6.45) is 1.67. The van der Waals surface area contributed by atoms with Gasteiger partial charge >= 0.3 is 0 Å². The molecule has 26 heavy (non-hydrogen) atoms. The van der Waals surface area contributed by atoms with E-state index >= 15 is 0 Å². The quantitative estimate of drug-likeness (QED) is 0.492. The minimum atomic E-state index is -0.269. The first-order valence-electron chi connectivity index (χ1n) is 7.69. The van der Waals surface area contributed by atoms with Crippen LogP contribution in [0.1, 0.15) is 16.2 Å². The first-order chi connectivity index (χ1) is 12.5. The monoisotopic (exact) mass is 387 g/mol. The topological polar surface area (TPSA) is 63.9 Å². The molecule has 0 amide bonds. The van der Waals surface area contributed by atoms with E-state index in [4.69, 9.17) is 23.2 Å². The Hall–Kier alpha value is -2.70. The molecule has 6 nitrogen and oxygen atoms in total. The largest absolute Gasteiger partial charge is 0.383 e. The lowest BCUT2D eigenvalue weighted by molar-refractivity contribution is 0.105. The second kappa shape index (κ2) is 7.68. The van der Waals surface area contributed by atoms with Crippen molar-refractivity contribution in [1.82, 2.24) is 25.1 Å². The molecule has 0 spiro atoms. The van der Waals surface area contributed by atoms with Crippen molar-refractivity contribution in [3.63, 3.8) is 0 Å². The molecule has 132 valence electrons. The minimum Gasteiger partial charge on any atom is -0.383 e. The number of tetrazole rings is 1. The Labute approximate surface area is 160 Å². The van der Waals surface area contributed by atoms with Gasteiger partial charge in [0.1, 0.15) is 0 Å². The zero-order valence-electron chi connectivity index (χ0n) is 14.1. The van der Waals surface area contributed by atoms with Gasteiger partial charge in [-0.05, 0) is 46.8 Å². The molecule has 8 heteroatoms. The van der Waals surface area contributed by atoms with Crippen molar-refractivity contribution >= 4 is 34.6 Å². The van der Waals surface area contributed by atoms with Crippen LogP contribution in [-0.2, 0) is 0 Å². The molecular formula is C18H15Cl2N5O. The van der Waals surface area contributed by atoms with Crippen LogP contribution in [0.15, 0.2) is 54.7 Å². The van der Waals surface area contributed by atoms with Crippen molar-refractivity contribution in [2.45, 2.75) is 0 Å². The summed E-state index contributed by atoms with van der Waals surface area (Å²) < 4.78 is 1.49. The standard InChI is InChI=1S/C18H15Cl2N5O/c1-24(2)11-15(17(26)14-5-3-4-6-16(14)20)18-21-22-23-25(18)13-9-7-12(19)8-10-13/h3-11H,1-2H3/b15-11+. The normalized spacial score (nSPS) is 11.5. The number of hydrogen-bond donors (Lipinski definition) is 0. The molecule has 0 unspecified atom stereocenters. The number of carbonyl (C=O) groups is 1. The second-order valence-electron chi connectivity index (χ2n) is 5.71. The second-order valence-corrected chi connectivity index (χ2v) is 6.55. The summed E-state index contributed by atoms with van der Waals surface area (Å²) in [6.45, 7) is 0. The summed E-state index contributed by atoms with van der Waals surface area (Å²) in [5.74, 6) is 0.0419. The average molecular weight is 388 g/mol. The van der Waals surface area contributed by atoms with E-state index in [1.54, 1.807) is 59.6 Å². The molecule has 0 saturated heterocycles. The third-order valence-corrected chi connectivity index (χ3v) is 4.11. The third kappa shape index (κ3) is 3.76. The fourth-order valence-electron chi connectivity index (χ4n) is 2.38. The number of rotatable bonds is 5. The molecule has 0 fully saturated rings. The Morgan fingerprint density at radius 1 is 1.08 bits per heavy atom. The highest BCUT2D eigenvalue weighted by molar-refractivity contribution is 6.38. The van der Waals surface area contributed by atoms with Gasteiger partial charge < -0.3 is 4.90 Å². The lowest BCUT2D eigenvalue weighted by atomic mass is 10.0. The number of Topliss-reactive ketones (excluding diaryl/α,β-unsaturated/α-hetero) is 1. The van der Waals surface area contributed by atoms with Gasteiger partial charge in [0.05, 0.1) is 16.3 Å². The number of allylic oxidation sites excluding steroid dienone is 1. The van der Waals surface area contributed by atoms with Gasteiger partial charge in [-0.15, -0.1) is 5.10 Å². The van der Waals surface area contributed by atoms with E-state index in [0.717, 1.165) is 0 Å². The van der Waals surface area contributed by atoms with Crippen molar-refractivity contribution < 1.29 is 4.79 Å². The fraction of sp³-hybridized carbons (Fsp3) is 0.111. The van der Waals surface area contributed by atoms with Crippen LogP contribution in [0, 0.1) is 0 Å². The Bertz CT molecular complexity index is 964. The van der Waals surface area contributed by atoms with Crippen LogP contribution in [0.25, 0.3) is 11.3 Å². The van der Waals surface area contributed by atoms with Crippen LogP contribution in [-0.4, -0.2) is 45.0 Å². The van der Waals surface area contributed by atoms with Gasteiger partial charge in [-0.2, -0.15) is 4.68 Å². The van der Waals surface area contributed by atoms with E-state index < -0.39 is 0 Å². The number of hydrogen-bond acceptors (Lipinski definition) is 5. The molecule has 1 aromatic heterocycles. The number of halogens is 2. The SMILES string of the molecule is CN(C)/C=C(\C(=O)c1ccccc1Cl)c1nnnn1-c1ccc(Cl)cc1. The summed E-state index contributed by atoms with van der Waals surface area (Å²) >= 11 is 12.1. The first kappa shape index (κ1) is 18.1. The van der Waals surface area contributed by atoms with Crippen LogP contribution in [0.3, 0.4) is 0 Å². The van der Waals surface area contributed by atoms with Crippen molar-refractivity contribution in [2.75, 3.05) is 14.1 Å². The summed E-state index contributed by atoms with van der Waals surface area (Å²) in [5.41, 5.74) is 1.39. The predicted octanol–water partition coefficient (Wildman–Crippen LogP) is 3.75. The summed E-state index contributed by atoms with van der Waals surface area (Å²) in [6, 6.07) is 13.9. The summed E-state index contributed by atoms with van der Waals surface area (Å²) in [5, 5.41) is 12.8. The molecule has 0 radical (unpaired) electrons. The van der Waals surface area contributed by atoms with Crippen LogP contribution in [0.5, 0.6) is 0 Å². The van der Waals surface area contributed by atoms with E-state index in [-0.39, 0.29) is 5.78 Å². The zero-order valence-corrected chi connectivity index (χ0v) is 15.6. The average Bonchev–Trinajstić information content (AvgIpc) is 3.09. The third-order valence-electron chi connectivity index (χ3n) is 3.53. The van der Waals surface area contributed by atoms with Crippen LogP contribution in [0.2, 0.25) is 10.0 Å². The van der Waals surface area contributed by atoms with Crippen LogP contribution < -0.4 is 0 Å². The maximum Gasteiger partial charge on any atom is 0.199 e. The van der Waals surface area contributed by atoms with Gasteiger partial charge in [0.15, 0.2) is 11.6 Å². The Balaban J connectivity index is 2.11. The maximum atomic E-state index is 13.1. The molecule has 0 aliphatic heterocycles. The molecule has 3 aromatic rings. The van der Waals surface area contributed by atoms with Gasteiger partial charge in [0.25, 0.3) is 0 Å². The van der Waals surface area contributed by atoms with E-state index in [1.807, 2.05) is 14.1 Å². The Morgan fingerprint density at radius 2 is 1.77 bits per heavy atom. The highest BCUT2D eigenvalue weighted by atomic mass is 35.5. The summed E-state index contributed by atoms with van der Waals surface area (Å²) in [7, 11) is 3.63. The van der Waals surface area contributed by atoms with Gasteiger partial charge in [0.2, 0.25) is 0 Å². The summed E-state index contributed by atoms with van der Waals surface area (Å²) in [4.78, 5) is 14.9. The lowest BCUT2D eigenvalue weighted by Crippen LogP contribution is -2.14. The van der Waals surface area contributed by atoms with E-state index in [0.29, 0.717) is 32.7 Å². The first-order valence-corrected chi connectivity index (χ1v) is 8.45. The van der Waals surface area contributed by atoms with Crippen molar-refractivity contribution in [3.05, 3.63) is 76.2 Å². The molecule has 0 aliphatic rings. The molecule has 2 aromatic carbocycles. The van der Waals surface area contributed by atoms with Crippen LogP contribution in [0.4, 0.5) is 0 Å². The van der Waals surface area contributed by atoms with Gasteiger partial charge in [0, 0.05) is 30.9 Å². The smallest absolute Gasteiger partial charge is 0.199 e. The van der Waals surface area contributed by atoms with Gasteiger partial charge in [-0.25, -0.2) is 0 Å². The van der Waals surface area contributed by atoms with E-state index in [9.17, 15) is 4.79 Å². The van der Waals surface area contributed by atoms with Crippen LogP contribution >= 0.6 is 23.2 Å². The highest BCUT2D eigenvalue weighted by Gasteiger charge is 2.23. The van der Waals surface area contributed by atoms with Crippen molar-refractivity contribution in [3.8, 4) is 5.69 Å². The molecule has 0 bridgehead atoms. The molecule has 0 saturated carbocycles. The number of nitrogens with zero attached hydrogens (tertiary/aromatic N) is 5. The lowest BCUT2D eigenvalue weighted by Gasteiger charge is -2.12. The maximum absolute atomic E-state index is 13.1. The van der Waals surface area contributed by atoms with E-state index in [2.05, 4.69) is 15.5 Å². The fourth-order valence-corrected chi connectivity index (χ4v) is 2.73. The van der Waals surface area contributed by atoms with Crippen molar-refractivity contribution in [1.29, 1.82) is 0 Å². The Kier molecular flexibility index (Phi) is 5.35. The number of ketones is 1. The number of benzene rings is 2. The van der Waals surface area contributed by atoms with Gasteiger partial charge in [-0.1, -0.05) is 35.3 Å². The molecule has 0 atom stereocenters. The number of carbonyl (C=O) groups excluding carboxylic acids is 1. The molecule has 0 aliphatic carbocycles. The Morgan fingerprint density at radius 3 is 2.42 bits per heavy atom. The van der Waals surface area contributed by atoms with E-state index in [1.165, 1.54) is 4.68 Å². The molecule has 3 rings (SSSR count). The predicted molar refractivity (Wildman–Crippen MR) is 102 cm³/mol. The number of aromatic nitrogens is 4. The zero-order chi connectivity index (χ0) is 18.7. The minimum absolute atomic E-state index is 0.269. The van der Waals surface area contributed by atoms with Crippen molar-refractivity contribution in [2.24, 2.45) is 0 Å². The van der Waals surface area contributed by atoms with Gasteiger partial charge in [-0.3, -0.25) is 4.79 Å². The molecular weight excluding hydrogens is 373 g/mol. The molecule has 1 heterocycles. The molecule has 0 N–H and O–H groups in total. The highest BCUT2D eigenvalue weighted by Crippen LogP contribution is 2.25.